The molecule has 4 rings (SSSR count). The van der Waals surface area contributed by atoms with Crippen molar-refractivity contribution in [1.29, 1.82) is 0 Å². The lowest BCUT2D eigenvalue weighted by Gasteiger charge is -2.34. The molecule has 6 heteroatoms. The minimum Gasteiger partial charge on any atom is -0.489 e. The van der Waals surface area contributed by atoms with Gasteiger partial charge in [0.15, 0.2) is 5.82 Å². The van der Waals surface area contributed by atoms with E-state index in [2.05, 4.69) is 35.3 Å². The van der Waals surface area contributed by atoms with Crippen LogP contribution >= 0.6 is 12.4 Å². The van der Waals surface area contributed by atoms with E-state index in [9.17, 15) is 0 Å². The van der Waals surface area contributed by atoms with Crippen LogP contribution in [0.4, 0.5) is 0 Å². The van der Waals surface area contributed by atoms with Crippen LogP contribution in [0.1, 0.15) is 36.2 Å². The highest BCUT2D eigenvalue weighted by Gasteiger charge is 2.39. The average Bonchev–Trinajstić information content (AvgIpc) is 3.09. The molecule has 0 aliphatic heterocycles. The summed E-state index contributed by atoms with van der Waals surface area (Å²) in [6.07, 6.45) is 2.93. The Kier molecular flexibility index (Phi) is 5.30. The van der Waals surface area contributed by atoms with E-state index in [-0.39, 0.29) is 12.4 Å². The number of ether oxygens (including phenoxy) is 1. The van der Waals surface area contributed by atoms with Crippen LogP contribution in [0.15, 0.2) is 53.1 Å². The third-order valence-electron chi connectivity index (χ3n) is 4.69. The number of hydrogen-bond acceptors (Lipinski definition) is 5. The minimum absolute atomic E-state index is 0. The maximum atomic E-state index is 6.26. The van der Waals surface area contributed by atoms with E-state index in [0.717, 1.165) is 36.1 Å². The SMILES string of the molecule is Cc1cccc(COc2cccc(-c3nc(C4(N)CCC4)no3)c2)c1.Cl. The molecule has 3 aromatic rings. The van der Waals surface area contributed by atoms with Crippen LogP contribution in [0, 0.1) is 6.92 Å². The highest BCUT2D eigenvalue weighted by Crippen LogP contribution is 2.37. The predicted molar refractivity (Wildman–Crippen MR) is 102 cm³/mol. The van der Waals surface area contributed by atoms with Crippen molar-refractivity contribution in [3.8, 4) is 17.2 Å². The second kappa shape index (κ2) is 7.48. The van der Waals surface area contributed by atoms with Gasteiger partial charge in [-0.15, -0.1) is 12.4 Å². The van der Waals surface area contributed by atoms with Gasteiger partial charge in [0, 0.05) is 5.56 Å². The van der Waals surface area contributed by atoms with Gasteiger partial charge < -0.3 is 15.0 Å². The number of aryl methyl sites for hydroxylation is 1. The number of nitrogens with zero attached hydrogens (tertiary/aromatic N) is 2. The molecule has 2 N–H and O–H groups in total. The van der Waals surface area contributed by atoms with E-state index in [1.165, 1.54) is 5.56 Å². The molecule has 26 heavy (non-hydrogen) atoms. The summed E-state index contributed by atoms with van der Waals surface area (Å²) in [7, 11) is 0. The molecule has 0 bridgehead atoms. The Hall–Kier alpha value is -2.37. The van der Waals surface area contributed by atoms with Crippen LogP contribution < -0.4 is 10.5 Å². The molecule has 0 unspecified atom stereocenters. The van der Waals surface area contributed by atoms with Gasteiger partial charge in [-0.3, -0.25) is 0 Å². The van der Waals surface area contributed by atoms with Crippen LogP contribution in [0.3, 0.4) is 0 Å². The number of rotatable bonds is 5. The fraction of sp³-hybridized carbons (Fsp3) is 0.300. The molecule has 0 spiro atoms. The van der Waals surface area contributed by atoms with Crippen LogP contribution in [0.2, 0.25) is 0 Å². The first-order valence-corrected chi connectivity index (χ1v) is 8.54. The zero-order chi connectivity index (χ0) is 17.3. The first kappa shape index (κ1) is 18.4. The lowest BCUT2D eigenvalue weighted by atomic mass is 9.77. The molecule has 1 aliphatic carbocycles. The molecule has 1 aromatic heterocycles. The summed E-state index contributed by atoms with van der Waals surface area (Å²) in [6, 6.07) is 16.0. The topological polar surface area (TPSA) is 74.2 Å². The lowest BCUT2D eigenvalue weighted by molar-refractivity contribution is 0.229. The maximum absolute atomic E-state index is 6.26. The van der Waals surface area contributed by atoms with Crippen molar-refractivity contribution in [2.75, 3.05) is 0 Å². The molecule has 0 radical (unpaired) electrons. The Morgan fingerprint density at radius 3 is 2.69 bits per heavy atom. The largest absolute Gasteiger partial charge is 0.489 e. The van der Waals surface area contributed by atoms with E-state index in [1.807, 2.05) is 30.3 Å². The maximum Gasteiger partial charge on any atom is 0.258 e. The van der Waals surface area contributed by atoms with E-state index in [0.29, 0.717) is 18.3 Å². The van der Waals surface area contributed by atoms with Crippen molar-refractivity contribution < 1.29 is 9.26 Å². The van der Waals surface area contributed by atoms with Crippen molar-refractivity contribution in [3.05, 3.63) is 65.5 Å². The average molecular weight is 372 g/mol. The van der Waals surface area contributed by atoms with Gasteiger partial charge in [-0.2, -0.15) is 4.98 Å². The summed E-state index contributed by atoms with van der Waals surface area (Å²) >= 11 is 0. The molecule has 1 heterocycles. The number of hydrogen-bond donors (Lipinski definition) is 1. The van der Waals surface area contributed by atoms with E-state index in [4.69, 9.17) is 15.0 Å². The highest BCUT2D eigenvalue weighted by atomic mass is 35.5. The van der Waals surface area contributed by atoms with E-state index >= 15 is 0 Å². The Morgan fingerprint density at radius 1 is 1.15 bits per heavy atom. The monoisotopic (exact) mass is 371 g/mol. The van der Waals surface area contributed by atoms with E-state index < -0.39 is 5.54 Å². The molecule has 0 amide bonds. The van der Waals surface area contributed by atoms with Crippen molar-refractivity contribution in [1.82, 2.24) is 10.1 Å². The minimum atomic E-state index is -0.416. The van der Waals surface area contributed by atoms with Gasteiger partial charge in [0.2, 0.25) is 0 Å². The van der Waals surface area contributed by atoms with Gasteiger partial charge in [0.1, 0.15) is 12.4 Å². The summed E-state index contributed by atoms with van der Waals surface area (Å²) in [4.78, 5) is 4.49. The Morgan fingerprint density at radius 2 is 1.96 bits per heavy atom. The van der Waals surface area contributed by atoms with Crippen molar-refractivity contribution in [2.24, 2.45) is 5.73 Å². The van der Waals surface area contributed by atoms with Crippen LogP contribution in [0.5, 0.6) is 5.75 Å². The second-order valence-corrected chi connectivity index (χ2v) is 6.74. The summed E-state index contributed by atoms with van der Waals surface area (Å²) in [5.74, 6) is 1.84. The number of benzene rings is 2. The van der Waals surface area contributed by atoms with Gasteiger partial charge in [0.25, 0.3) is 5.89 Å². The summed E-state index contributed by atoms with van der Waals surface area (Å²) in [5.41, 5.74) is 9.04. The lowest BCUT2D eigenvalue weighted by Crippen LogP contribution is -2.44. The summed E-state index contributed by atoms with van der Waals surface area (Å²) in [5, 5.41) is 4.07. The van der Waals surface area contributed by atoms with Gasteiger partial charge in [-0.05, 0) is 49.9 Å². The molecular weight excluding hydrogens is 350 g/mol. The van der Waals surface area contributed by atoms with Gasteiger partial charge in [-0.25, -0.2) is 0 Å². The molecule has 1 aliphatic rings. The fourth-order valence-corrected chi connectivity index (χ4v) is 3.01. The van der Waals surface area contributed by atoms with Crippen molar-refractivity contribution >= 4 is 12.4 Å². The molecule has 5 nitrogen and oxygen atoms in total. The Bertz CT molecular complexity index is 890. The summed E-state index contributed by atoms with van der Waals surface area (Å²) < 4.78 is 11.3. The number of nitrogens with two attached hydrogens (primary N) is 1. The first-order chi connectivity index (χ1) is 12.1. The number of aromatic nitrogens is 2. The Balaban J connectivity index is 0.00000196. The standard InChI is InChI=1S/C20H21N3O2.ClH/c1-14-5-2-6-15(11-14)13-24-17-8-3-7-16(12-17)18-22-19(23-25-18)20(21)9-4-10-20;/h2-3,5-8,11-12H,4,9-10,13,21H2,1H3;1H. The quantitative estimate of drug-likeness (QED) is 0.720. The highest BCUT2D eigenvalue weighted by molar-refractivity contribution is 5.85. The Labute approximate surface area is 159 Å². The molecule has 2 aromatic carbocycles. The summed E-state index contributed by atoms with van der Waals surface area (Å²) in [6.45, 7) is 2.59. The normalized spacial score (nSPS) is 15.0. The third-order valence-corrected chi connectivity index (χ3v) is 4.69. The van der Waals surface area contributed by atoms with Gasteiger partial charge >= 0.3 is 0 Å². The predicted octanol–water partition coefficient (Wildman–Crippen LogP) is 4.38. The van der Waals surface area contributed by atoms with Crippen LogP contribution in [-0.4, -0.2) is 10.1 Å². The zero-order valence-electron chi connectivity index (χ0n) is 14.6. The molecule has 1 saturated carbocycles. The van der Waals surface area contributed by atoms with Crippen molar-refractivity contribution in [2.45, 2.75) is 38.3 Å². The van der Waals surface area contributed by atoms with Crippen LogP contribution in [0.25, 0.3) is 11.5 Å². The first-order valence-electron chi connectivity index (χ1n) is 8.54. The second-order valence-electron chi connectivity index (χ2n) is 6.74. The molecule has 0 atom stereocenters. The third kappa shape index (κ3) is 3.74. The van der Waals surface area contributed by atoms with Crippen molar-refractivity contribution in [3.63, 3.8) is 0 Å². The molecule has 1 fully saturated rings. The van der Waals surface area contributed by atoms with Gasteiger partial charge in [0.05, 0.1) is 5.54 Å². The number of halogens is 1. The fourth-order valence-electron chi connectivity index (χ4n) is 3.01. The molecule has 136 valence electrons. The van der Waals surface area contributed by atoms with E-state index in [1.54, 1.807) is 0 Å². The van der Waals surface area contributed by atoms with Crippen LogP contribution in [-0.2, 0) is 12.1 Å². The molecular formula is C20H22ClN3O2. The zero-order valence-corrected chi connectivity index (χ0v) is 15.5. The van der Waals surface area contributed by atoms with Gasteiger partial charge in [-0.1, -0.05) is 41.1 Å². The smallest absolute Gasteiger partial charge is 0.258 e. The molecule has 0 saturated heterocycles.